The van der Waals surface area contributed by atoms with Crippen molar-refractivity contribution >= 4 is 22.5 Å². The molecule has 8 nitrogen and oxygen atoms in total. The Morgan fingerprint density at radius 1 is 1.24 bits per heavy atom. The molecule has 3 N–H and O–H groups in total. The number of benzene rings is 2. The zero-order chi connectivity index (χ0) is 23.9. The summed E-state index contributed by atoms with van der Waals surface area (Å²) in [6.45, 7) is 2.43. The van der Waals surface area contributed by atoms with Gasteiger partial charge in [0.2, 0.25) is 0 Å². The molecule has 1 fully saturated rings. The quantitative estimate of drug-likeness (QED) is 0.423. The molecule has 3 aromatic rings. The molecular weight excluding hydrogens is 432 g/mol. The fraction of sp³-hybridized carbons (Fsp3) is 0.385. The van der Waals surface area contributed by atoms with E-state index in [0.29, 0.717) is 25.4 Å². The second kappa shape index (κ2) is 11.3. The smallest absolute Gasteiger partial charge is 0.260 e. The zero-order valence-corrected chi connectivity index (χ0v) is 19.4. The van der Waals surface area contributed by atoms with Crippen molar-refractivity contribution < 1.29 is 19.7 Å². The number of β-amino-alcohol motifs (C(OH)–C–C–N with tert-alkyl or cyclic N) is 1. The number of carbonyl (C=O) groups is 1. The summed E-state index contributed by atoms with van der Waals surface area (Å²) in [6.07, 6.45) is 2.15. The second-order valence-corrected chi connectivity index (χ2v) is 8.58. The minimum Gasteiger partial charge on any atom is -0.483 e. The van der Waals surface area contributed by atoms with E-state index in [4.69, 9.17) is 9.84 Å². The van der Waals surface area contributed by atoms with Crippen molar-refractivity contribution in [1.82, 2.24) is 14.8 Å². The van der Waals surface area contributed by atoms with Crippen LogP contribution in [0.4, 0.5) is 5.69 Å². The number of nitrogens with zero attached hydrogens (tertiary/aromatic N) is 3. The lowest BCUT2D eigenvalue weighted by molar-refractivity contribution is -0.134. The van der Waals surface area contributed by atoms with Gasteiger partial charge in [0, 0.05) is 44.8 Å². The summed E-state index contributed by atoms with van der Waals surface area (Å²) >= 11 is 0. The highest BCUT2D eigenvalue weighted by Crippen LogP contribution is 2.30. The third-order valence-corrected chi connectivity index (χ3v) is 6.23. The predicted molar refractivity (Wildman–Crippen MR) is 132 cm³/mol. The Bertz CT molecular complexity index is 1090. The summed E-state index contributed by atoms with van der Waals surface area (Å²) in [7, 11) is 1.80. The molecule has 1 aromatic heterocycles. The number of aliphatic hydroxyl groups excluding tert-OH is 2. The van der Waals surface area contributed by atoms with Gasteiger partial charge in [-0.1, -0.05) is 30.3 Å². The lowest BCUT2D eigenvalue weighted by Gasteiger charge is -2.32. The number of ether oxygens (including phenoxy) is 1. The first kappa shape index (κ1) is 23.9. The highest BCUT2D eigenvalue weighted by molar-refractivity contribution is 5.95. The summed E-state index contributed by atoms with van der Waals surface area (Å²) in [4.78, 5) is 21.6. The van der Waals surface area contributed by atoms with Gasteiger partial charge in [-0.3, -0.25) is 14.7 Å². The van der Waals surface area contributed by atoms with E-state index in [-0.39, 0.29) is 31.3 Å². The molecule has 4 rings (SSSR count). The molecule has 180 valence electrons. The number of rotatable bonds is 10. The van der Waals surface area contributed by atoms with E-state index in [2.05, 4.69) is 15.2 Å². The molecule has 8 heteroatoms. The van der Waals surface area contributed by atoms with E-state index in [1.807, 2.05) is 54.6 Å². The third kappa shape index (κ3) is 5.64. The number of anilines is 1. The van der Waals surface area contributed by atoms with Gasteiger partial charge in [0.1, 0.15) is 5.75 Å². The third-order valence-electron chi connectivity index (χ3n) is 6.23. The van der Waals surface area contributed by atoms with Gasteiger partial charge in [0.05, 0.1) is 30.0 Å². The number of aliphatic hydroxyl groups is 2. The van der Waals surface area contributed by atoms with E-state index in [1.54, 1.807) is 18.1 Å². The highest BCUT2D eigenvalue weighted by atomic mass is 16.5. The lowest BCUT2D eigenvalue weighted by Crippen LogP contribution is -2.40. The van der Waals surface area contributed by atoms with Crippen molar-refractivity contribution in [3.8, 4) is 5.75 Å². The second-order valence-electron chi connectivity index (χ2n) is 8.58. The van der Waals surface area contributed by atoms with Gasteiger partial charge in [-0.05, 0) is 36.2 Å². The van der Waals surface area contributed by atoms with Gasteiger partial charge in [-0.25, -0.2) is 0 Å². The summed E-state index contributed by atoms with van der Waals surface area (Å²) < 4.78 is 5.97. The first-order valence-electron chi connectivity index (χ1n) is 11.6. The Morgan fingerprint density at radius 3 is 2.79 bits per heavy atom. The predicted octanol–water partition coefficient (Wildman–Crippen LogP) is 2.28. The van der Waals surface area contributed by atoms with Gasteiger partial charge in [-0.2, -0.15) is 0 Å². The van der Waals surface area contributed by atoms with E-state index in [9.17, 15) is 9.90 Å². The van der Waals surface area contributed by atoms with E-state index in [1.165, 1.54) is 0 Å². The molecule has 0 aliphatic carbocycles. The van der Waals surface area contributed by atoms with Gasteiger partial charge in [-0.15, -0.1) is 0 Å². The lowest BCUT2D eigenvalue weighted by atomic mass is 10.0. The molecule has 2 aromatic carbocycles. The van der Waals surface area contributed by atoms with E-state index >= 15 is 0 Å². The number of nitrogens with one attached hydrogen (secondary N) is 1. The van der Waals surface area contributed by atoms with E-state index in [0.717, 1.165) is 35.1 Å². The molecule has 34 heavy (non-hydrogen) atoms. The summed E-state index contributed by atoms with van der Waals surface area (Å²) in [5, 5.41) is 23.0. The molecule has 0 bridgehead atoms. The molecule has 2 atom stereocenters. The Hall–Kier alpha value is -3.20. The van der Waals surface area contributed by atoms with Crippen LogP contribution in [0, 0.1) is 0 Å². The van der Waals surface area contributed by atoms with Crippen molar-refractivity contribution in [1.29, 1.82) is 0 Å². The normalized spacial score (nSPS) is 17.0. The number of hydrogen-bond acceptors (Lipinski definition) is 7. The Labute approximate surface area is 199 Å². The van der Waals surface area contributed by atoms with Crippen LogP contribution in [0.2, 0.25) is 0 Å². The van der Waals surface area contributed by atoms with Gasteiger partial charge in [0.15, 0.2) is 6.61 Å². The maximum atomic E-state index is 13.2. The van der Waals surface area contributed by atoms with Crippen molar-refractivity contribution in [2.45, 2.75) is 18.6 Å². The van der Waals surface area contributed by atoms with Crippen LogP contribution < -0.4 is 10.1 Å². The van der Waals surface area contributed by atoms with Gasteiger partial charge < -0.3 is 25.2 Å². The standard InChI is InChI=1S/C26H32N4O4/c1-29(23(19-6-3-2-4-7-19)17-30-14-11-20(32)16-30)25(33)18-34-24-10-9-22(27-13-15-31)26-21(24)8-5-12-28-26/h2-10,12,20,23,27,31-32H,11,13-18H2,1H3/t20-,23?/m0/s1. The fourth-order valence-electron chi connectivity index (χ4n) is 4.37. The van der Waals surface area contributed by atoms with Crippen molar-refractivity contribution in [3.05, 3.63) is 66.4 Å². The van der Waals surface area contributed by atoms with Crippen LogP contribution in [0.5, 0.6) is 5.75 Å². The Balaban J connectivity index is 1.48. The molecule has 1 saturated heterocycles. The Morgan fingerprint density at radius 2 is 2.06 bits per heavy atom. The zero-order valence-electron chi connectivity index (χ0n) is 19.4. The average Bonchev–Trinajstić information content (AvgIpc) is 3.29. The van der Waals surface area contributed by atoms with Gasteiger partial charge >= 0.3 is 0 Å². The monoisotopic (exact) mass is 464 g/mol. The molecule has 0 saturated carbocycles. The fourth-order valence-corrected chi connectivity index (χ4v) is 4.37. The first-order chi connectivity index (χ1) is 16.6. The molecular formula is C26H32N4O4. The molecule has 0 spiro atoms. The summed E-state index contributed by atoms with van der Waals surface area (Å²) in [6, 6.07) is 17.2. The van der Waals surface area contributed by atoms with Crippen molar-refractivity contribution in [3.63, 3.8) is 0 Å². The number of likely N-dealkylation sites (tertiary alicyclic amines) is 1. The number of carbonyl (C=O) groups excluding carboxylic acids is 1. The first-order valence-corrected chi connectivity index (χ1v) is 11.6. The van der Waals surface area contributed by atoms with Crippen molar-refractivity contribution in [2.75, 3.05) is 51.8 Å². The van der Waals surface area contributed by atoms with Crippen molar-refractivity contribution in [2.24, 2.45) is 0 Å². The molecule has 2 heterocycles. The topological polar surface area (TPSA) is 98.2 Å². The number of likely N-dealkylation sites (N-methyl/N-ethyl adjacent to an activating group) is 1. The number of fused-ring (bicyclic) bond motifs is 1. The number of aromatic nitrogens is 1. The highest BCUT2D eigenvalue weighted by Gasteiger charge is 2.28. The van der Waals surface area contributed by atoms with E-state index < -0.39 is 0 Å². The van der Waals surface area contributed by atoms with Crippen LogP contribution in [-0.4, -0.2) is 83.4 Å². The van der Waals surface area contributed by atoms with Gasteiger partial charge in [0.25, 0.3) is 5.91 Å². The summed E-state index contributed by atoms with van der Waals surface area (Å²) in [5.74, 6) is 0.450. The van der Waals surface area contributed by atoms with Crippen LogP contribution in [-0.2, 0) is 4.79 Å². The van der Waals surface area contributed by atoms with Crippen LogP contribution in [0.3, 0.4) is 0 Å². The SMILES string of the molecule is CN(C(=O)COc1ccc(NCCO)c2ncccc12)C(CN1CC[C@H](O)C1)c1ccccc1. The van der Waals surface area contributed by atoms with Crippen LogP contribution >= 0.6 is 0 Å². The Kier molecular flexibility index (Phi) is 7.95. The summed E-state index contributed by atoms with van der Waals surface area (Å²) in [5.41, 5.74) is 2.58. The molecule has 1 aliphatic heterocycles. The van der Waals surface area contributed by atoms with Crippen LogP contribution in [0.25, 0.3) is 10.9 Å². The number of pyridine rings is 1. The number of amides is 1. The average molecular weight is 465 g/mol. The minimum absolute atomic E-state index is 0.0202. The molecule has 1 aliphatic rings. The van der Waals surface area contributed by atoms with Crippen LogP contribution in [0.15, 0.2) is 60.8 Å². The van der Waals surface area contributed by atoms with Crippen LogP contribution in [0.1, 0.15) is 18.0 Å². The minimum atomic E-state index is -0.308. The molecule has 1 unspecified atom stereocenters. The largest absolute Gasteiger partial charge is 0.483 e. The maximum absolute atomic E-state index is 13.2. The molecule has 0 radical (unpaired) electrons. The molecule has 1 amide bonds. The number of hydrogen-bond donors (Lipinski definition) is 3. The maximum Gasteiger partial charge on any atom is 0.260 e.